The van der Waals surface area contributed by atoms with Crippen LogP contribution in [0.4, 0.5) is 0 Å². The second-order valence-electron chi connectivity index (χ2n) is 4.47. The van der Waals surface area contributed by atoms with Crippen molar-refractivity contribution in [1.82, 2.24) is 14.3 Å². The summed E-state index contributed by atoms with van der Waals surface area (Å²) in [7, 11) is -3.61. The van der Waals surface area contributed by atoms with E-state index in [0.717, 1.165) is 19.3 Å². The number of aromatic nitrogens is 2. The van der Waals surface area contributed by atoms with Crippen molar-refractivity contribution < 1.29 is 13.5 Å². The summed E-state index contributed by atoms with van der Waals surface area (Å²) in [5, 5.41) is 9.06. The Hall–Kier alpha value is -0.760. The lowest BCUT2D eigenvalue weighted by atomic mass is 10.0. The van der Waals surface area contributed by atoms with Crippen molar-refractivity contribution in [3.05, 3.63) is 17.7 Å². The van der Waals surface area contributed by atoms with Crippen LogP contribution in [0.1, 0.15) is 25.7 Å². The van der Waals surface area contributed by atoms with Crippen molar-refractivity contribution in [3.8, 4) is 0 Å². The van der Waals surface area contributed by atoms with Crippen LogP contribution in [-0.4, -0.2) is 47.0 Å². The lowest BCUT2D eigenvalue weighted by Crippen LogP contribution is -2.44. The topological polar surface area (TPSA) is 83.4 Å². The summed E-state index contributed by atoms with van der Waals surface area (Å²) < 4.78 is 26.5. The highest BCUT2D eigenvalue weighted by atomic mass is 35.5. The number of aliphatic hydroxyl groups is 1. The molecule has 0 aromatic carbocycles. The van der Waals surface area contributed by atoms with Crippen LogP contribution in [0.25, 0.3) is 0 Å². The van der Waals surface area contributed by atoms with Crippen LogP contribution in [-0.2, 0) is 10.0 Å². The van der Waals surface area contributed by atoms with Gasteiger partial charge in [-0.3, -0.25) is 0 Å². The summed E-state index contributed by atoms with van der Waals surface area (Å²) in [6, 6.07) is -0.153. The zero-order valence-electron chi connectivity index (χ0n) is 10.4. The van der Waals surface area contributed by atoms with Crippen molar-refractivity contribution >= 4 is 21.6 Å². The molecule has 0 bridgehead atoms. The third-order valence-electron chi connectivity index (χ3n) is 3.24. The molecule has 6 nitrogen and oxygen atoms in total. The van der Waals surface area contributed by atoms with E-state index in [1.54, 1.807) is 0 Å². The van der Waals surface area contributed by atoms with Crippen LogP contribution < -0.4 is 0 Å². The molecule has 19 heavy (non-hydrogen) atoms. The molecular weight excluding hydrogens is 290 g/mol. The minimum absolute atomic E-state index is 0.0181. The third-order valence-corrected chi connectivity index (χ3v) is 5.34. The van der Waals surface area contributed by atoms with Gasteiger partial charge in [0.1, 0.15) is 4.90 Å². The minimum Gasteiger partial charge on any atom is -0.396 e. The smallest absolute Gasteiger partial charge is 0.246 e. The van der Waals surface area contributed by atoms with Gasteiger partial charge in [0.2, 0.25) is 15.3 Å². The van der Waals surface area contributed by atoms with Gasteiger partial charge in [0.05, 0.1) is 12.4 Å². The molecule has 1 atom stereocenters. The Bertz CT molecular complexity index is 518. The van der Waals surface area contributed by atoms with E-state index in [-0.39, 0.29) is 22.8 Å². The minimum atomic E-state index is -3.61. The first-order valence-electron chi connectivity index (χ1n) is 6.16. The van der Waals surface area contributed by atoms with E-state index in [1.807, 2.05) is 0 Å². The first-order valence-corrected chi connectivity index (χ1v) is 7.98. The van der Waals surface area contributed by atoms with Crippen molar-refractivity contribution in [2.24, 2.45) is 0 Å². The zero-order valence-corrected chi connectivity index (χ0v) is 11.9. The summed E-state index contributed by atoms with van der Waals surface area (Å²) in [6.45, 7) is 0.448. The maximum absolute atomic E-state index is 12.5. The van der Waals surface area contributed by atoms with Gasteiger partial charge in [-0.1, -0.05) is 6.42 Å². The molecule has 1 aliphatic rings. The molecule has 0 radical (unpaired) electrons. The Morgan fingerprint density at radius 2 is 2.05 bits per heavy atom. The van der Waals surface area contributed by atoms with E-state index in [0.29, 0.717) is 13.0 Å². The van der Waals surface area contributed by atoms with E-state index in [9.17, 15) is 8.42 Å². The lowest BCUT2D eigenvalue weighted by molar-refractivity contribution is 0.192. The Kier molecular flexibility index (Phi) is 4.72. The molecule has 1 saturated heterocycles. The monoisotopic (exact) mass is 305 g/mol. The van der Waals surface area contributed by atoms with Crippen molar-refractivity contribution in [1.29, 1.82) is 0 Å². The average Bonchev–Trinajstić information content (AvgIpc) is 2.40. The van der Waals surface area contributed by atoms with Crippen LogP contribution in [0.3, 0.4) is 0 Å². The maximum Gasteiger partial charge on any atom is 0.246 e. The molecule has 0 spiro atoms. The van der Waals surface area contributed by atoms with Crippen molar-refractivity contribution in [3.63, 3.8) is 0 Å². The first kappa shape index (κ1) is 14.6. The molecule has 1 fully saturated rings. The SMILES string of the molecule is O=S(=O)(c1cnc(Cl)nc1)N1CCCCC1CCO. The van der Waals surface area contributed by atoms with Crippen molar-refractivity contribution in [2.45, 2.75) is 36.6 Å². The molecular formula is C11H16ClN3O3S. The van der Waals surface area contributed by atoms with Crippen LogP contribution in [0, 0.1) is 0 Å². The first-order chi connectivity index (χ1) is 9.05. The van der Waals surface area contributed by atoms with Gasteiger partial charge in [0, 0.05) is 19.2 Å². The Balaban J connectivity index is 2.28. The highest BCUT2D eigenvalue weighted by molar-refractivity contribution is 7.89. The van der Waals surface area contributed by atoms with Crippen LogP contribution in [0.2, 0.25) is 5.28 Å². The van der Waals surface area contributed by atoms with Gasteiger partial charge in [-0.15, -0.1) is 0 Å². The van der Waals surface area contributed by atoms with Gasteiger partial charge in [0.25, 0.3) is 0 Å². The Morgan fingerprint density at radius 1 is 1.37 bits per heavy atom. The molecule has 2 heterocycles. The fraction of sp³-hybridized carbons (Fsp3) is 0.636. The molecule has 0 aliphatic carbocycles. The fourth-order valence-electron chi connectivity index (χ4n) is 2.30. The maximum atomic E-state index is 12.5. The number of piperidine rings is 1. The van der Waals surface area contributed by atoms with Gasteiger partial charge in [0.15, 0.2) is 0 Å². The summed E-state index contributed by atoms with van der Waals surface area (Å²) >= 11 is 5.56. The largest absolute Gasteiger partial charge is 0.396 e. The molecule has 0 amide bonds. The molecule has 1 aromatic rings. The van der Waals surface area contributed by atoms with E-state index in [2.05, 4.69) is 9.97 Å². The zero-order chi connectivity index (χ0) is 13.9. The Morgan fingerprint density at radius 3 is 2.68 bits per heavy atom. The van der Waals surface area contributed by atoms with Crippen LogP contribution in [0.15, 0.2) is 17.3 Å². The standard InChI is InChI=1S/C11H16ClN3O3S/c12-11-13-7-10(8-14-11)19(17,18)15-5-2-1-3-9(15)4-6-16/h7-9,16H,1-6H2. The quantitative estimate of drug-likeness (QED) is 0.841. The second kappa shape index (κ2) is 6.13. The fourth-order valence-corrected chi connectivity index (χ4v) is 4.01. The Labute approximate surface area is 117 Å². The van der Waals surface area contributed by atoms with Crippen LogP contribution in [0.5, 0.6) is 0 Å². The van der Waals surface area contributed by atoms with Crippen LogP contribution >= 0.6 is 11.6 Å². The lowest BCUT2D eigenvalue weighted by Gasteiger charge is -2.34. The van der Waals surface area contributed by atoms with Gasteiger partial charge >= 0.3 is 0 Å². The number of hydrogen-bond donors (Lipinski definition) is 1. The summed E-state index contributed by atoms with van der Waals surface area (Å²) in [5.41, 5.74) is 0. The number of nitrogens with zero attached hydrogens (tertiary/aromatic N) is 3. The summed E-state index contributed by atoms with van der Waals surface area (Å²) in [6.07, 6.45) is 5.47. The molecule has 1 N–H and O–H groups in total. The third kappa shape index (κ3) is 3.22. The molecule has 2 rings (SSSR count). The van der Waals surface area contributed by atoms with E-state index < -0.39 is 10.0 Å². The summed E-state index contributed by atoms with van der Waals surface area (Å²) in [4.78, 5) is 7.46. The number of hydrogen-bond acceptors (Lipinski definition) is 5. The molecule has 1 aromatic heterocycles. The molecule has 8 heteroatoms. The van der Waals surface area contributed by atoms with Gasteiger partial charge in [-0.05, 0) is 30.9 Å². The van der Waals surface area contributed by atoms with Gasteiger partial charge in [-0.2, -0.15) is 4.31 Å². The highest BCUT2D eigenvalue weighted by Crippen LogP contribution is 2.26. The van der Waals surface area contributed by atoms with E-state index >= 15 is 0 Å². The number of halogens is 1. The predicted molar refractivity (Wildman–Crippen MR) is 70.3 cm³/mol. The normalized spacial score (nSPS) is 21.5. The predicted octanol–water partition coefficient (Wildman–Crippen LogP) is 1.06. The molecule has 0 saturated carbocycles. The number of sulfonamides is 1. The van der Waals surface area contributed by atoms with E-state index in [1.165, 1.54) is 16.7 Å². The van der Waals surface area contributed by atoms with Gasteiger partial charge < -0.3 is 5.11 Å². The molecule has 1 aliphatic heterocycles. The van der Waals surface area contributed by atoms with Crippen molar-refractivity contribution in [2.75, 3.05) is 13.2 Å². The van der Waals surface area contributed by atoms with Gasteiger partial charge in [-0.25, -0.2) is 18.4 Å². The molecule has 106 valence electrons. The second-order valence-corrected chi connectivity index (χ2v) is 6.69. The summed E-state index contributed by atoms with van der Waals surface area (Å²) in [5.74, 6) is 0. The molecule has 1 unspecified atom stereocenters. The highest BCUT2D eigenvalue weighted by Gasteiger charge is 2.33. The number of rotatable bonds is 4. The number of aliphatic hydroxyl groups excluding tert-OH is 1. The average molecular weight is 306 g/mol. The van der Waals surface area contributed by atoms with E-state index in [4.69, 9.17) is 16.7 Å².